The number of amides is 2. The zero-order valence-electron chi connectivity index (χ0n) is 14.7. The van der Waals surface area contributed by atoms with Gasteiger partial charge in [-0.3, -0.25) is 4.79 Å². The monoisotopic (exact) mass is 390 g/mol. The molecule has 1 fully saturated rings. The van der Waals surface area contributed by atoms with Crippen molar-refractivity contribution in [1.82, 2.24) is 0 Å². The molecule has 0 saturated carbocycles. The zero-order chi connectivity index (χ0) is 19.9. The molecule has 4 rings (SSSR count). The summed E-state index contributed by atoms with van der Waals surface area (Å²) in [7, 11) is 0. The summed E-state index contributed by atoms with van der Waals surface area (Å²) in [6, 6.07) is 8.69. The van der Waals surface area contributed by atoms with Gasteiger partial charge < -0.3 is 15.4 Å². The summed E-state index contributed by atoms with van der Waals surface area (Å²) in [4.78, 5) is 24.9. The highest BCUT2D eigenvalue weighted by atomic mass is 19.4. The number of ketones is 1. The van der Waals surface area contributed by atoms with Crippen molar-refractivity contribution in [3.8, 4) is 0 Å². The minimum Gasteiger partial charge on any atom is -0.380 e. The van der Waals surface area contributed by atoms with Crippen LogP contribution in [0.4, 0.5) is 29.3 Å². The third-order valence-electron chi connectivity index (χ3n) is 5.20. The number of carbonyl (C=O) groups excluding carboxylic acids is 2. The molecular formula is C20H17F3N2O3. The van der Waals surface area contributed by atoms with Crippen LogP contribution in [0.3, 0.4) is 0 Å². The maximum absolute atomic E-state index is 12.8. The van der Waals surface area contributed by atoms with Gasteiger partial charge in [-0.15, -0.1) is 0 Å². The largest absolute Gasteiger partial charge is 0.416 e. The van der Waals surface area contributed by atoms with E-state index in [-0.39, 0.29) is 11.5 Å². The van der Waals surface area contributed by atoms with E-state index in [0.29, 0.717) is 37.3 Å². The van der Waals surface area contributed by atoms with Crippen LogP contribution in [0.15, 0.2) is 42.5 Å². The average Bonchev–Trinajstić information content (AvgIpc) is 3.21. The molecule has 2 amide bonds. The van der Waals surface area contributed by atoms with E-state index in [9.17, 15) is 22.8 Å². The van der Waals surface area contributed by atoms with Crippen LogP contribution in [0.5, 0.6) is 0 Å². The highest BCUT2D eigenvalue weighted by Gasteiger charge is 2.48. The maximum Gasteiger partial charge on any atom is 0.416 e. The predicted octanol–water partition coefficient (Wildman–Crippen LogP) is 4.49. The lowest BCUT2D eigenvalue weighted by atomic mass is 9.83. The van der Waals surface area contributed by atoms with E-state index < -0.39 is 23.2 Å². The Morgan fingerprint density at radius 2 is 1.71 bits per heavy atom. The minimum absolute atomic E-state index is 0.0341. The van der Waals surface area contributed by atoms with Crippen molar-refractivity contribution >= 4 is 23.2 Å². The Morgan fingerprint density at radius 3 is 2.36 bits per heavy atom. The normalized spacial score (nSPS) is 21.0. The van der Waals surface area contributed by atoms with Crippen molar-refractivity contribution < 1.29 is 27.5 Å². The number of halogens is 3. The molecule has 1 aliphatic carbocycles. The molecule has 1 saturated heterocycles. The Morgan fingerprint density at radius 1 is 1.04 bits per heavy atom. The van der Waals surface area contributed by atoms with Crippen molar-refractivity contribution in [3.05, 3.63) is 59.2 Å². The summed E-state index contributed by atoms with van der Waals surface area (Å²) >= 11 is 0. The SMILES string of the molecule is O=C(Nc1ccc(C(F)(F)F)cc1)Nc1ccc2c(c1)C(=O)C1(CCOC1)C2. The fourth-order valence-electron chi connectivity index (χ4n) is 3.71. The number of benzene rings is 2. The molecular weight excluding hydrogens is 373 g/mol. The second kappa shape index (κ2) is 6.63. The van der Waals surface area contributed by atoms with Crippen LogP contribution in [0.1, 0.15) is 27.9 Å². The highest BCUT2D eigenvalue weighted by molar-refractivity contribution is 6.07. The van der Waals surface area contributed by atoms with Gasteiger partial charge in [-0.25, -0.2) is 4.79 Å². The molecule has 0 aromatic heterocycles. The molecule has 2 aromatic carbocycles. The summed E-state index contributed by atoms with van der Waals surface area (Å²) < 4.78 is 43.2. The van der Waals surface area contributed by atoms with Crippen LogP contribution >= 0.6 is 0 Å². The van der Waals surface area contributed by atoms with Crippen molar-refractivity contribution in [2.45, 2.75) is 19.0 Å². The number of alkyl halides is 3. The first-order chi connectivity index (χ1) is 13.3. The highest BCUT2D eigenvalue weighted by Crippen LogP contribution is 2.43. The number of Topliss-reactive ketones (excluding diaryl/α,β-unsaturated/α-hetero) is 1. The fraction of sp³-hybridized carbons (Fsp3) is 0.300. The quantitative estimate of drug-likeness (QED) is 0.794. The van der Waals surface area contributed by atoms with E-state index >= 15 is 0 Å². The second-order valence-corrected chi connectivity index (χ2v) is 7.11. The molecule has 5 nitrogen and oxygen atoms in total. The van der Waals surface area contributed by atoms with Crippen molar-refractivity contribution in [1.29, 1.82) is 0 Å². The number of hydrogen-bond donors (Lipinski definition) is 2. The summed E-state index contributed by atoms with van der Waals surface area (Å²) in [5, 5.41) is 5.08. The number of nitrogens with one attached hydrogen (secondary N) is 2. The van der Waals surface area contributed by atoms with Crippen LogP contribution in [0.2, 0.25) is 0 Å². The lowest BCUT2D eigenvalue weighted by Crippen LogP contribution is -2.28. The molecule has 0 bridgehead atoms. The van der Waals surface area contributed by atoms with Gasteiger partial charge in [0.15, 0.2) is 5.78 Å². The van der Waals surface area contributed by atoms with Gasteiger partial charge in [-0.2, -0.15) is 13.2 Å². The lowest BCUT2D eigenvalue weighted by Gasteiger charge is -2.17. The van der Waals surface area contributed by atoms with Gasteiger partial charge in [0.2, 0.25) is 0 Å². The molecule has 2 aliphatic rings. The molecule has 0 radical (unpaired) electrons. The summed E-state index contributed by atoms with van der Waals surface area (Å²) in [6.07, 6.45) is -3.10. The minimum atomic E-state index is -4.43. The number of fused-ring (bicyclic) bond motifs is 1. The van der Waals surface area contributed by atoms with E-state index in [1.54, 1.807) is 12.1 Å². The molecule has 1 heterocycles. The number of rotatable bonds is 2. The molecule has 2 N–H and O–H groups in total. The molecule has 1 spiro atoms. The van der Waals surface area contributed by atoms with Crippen molar-refractivity contribution in [2.24, 2.45) is 5.41 Å². The van der Waals surface area contributed by atoms with Gasteiger partial charge in [0.25, 0.3) is 0 Å². The van der Waals surface area contributed by atoms with Gasteiger partial charge in [-0.1, -0.05) is 6.07 Å². The Hall–Kier alpha value is -2.87. The van der Waals surface area contributed by atoms with Gasteiger partial charge in [-0.05, 0) is 54.8 Å². The zero-order valence-corrected chi connectivity index (χ0v) is 14.7. The smallest absolute Gasteiger partial charge is 0.380 e. The molecule has 28 heavy (non-hydrogen) atoms. The first-order valence-corrected chi connectivity index (χ1v) is 8.78. The molecule has 2 aromatic rings. The van der Waals surface area contributed by atoms with Gasteiger partial charge in [0.1, 0.15) is 0 Å². The van der Waals surface area contributed by atoms with Crippen LogP contribution in [0.25, 0.3) is 0 Å². The van der Waals surface area contributed by atoms with E-state index in [1.807, 2.05) is 6.07 Å². The Labute approximate surface area is 158 Å². The van der Waals surface area contributed by atoms with Crippen molar-refractivity contribution in [2.75, 3.05) is 23.8 Å². The van der Waals surface area contributed by atoms with Crippen LogP contribution in [-0.4, -0.2) is 25.0 Å². The second-order valence-electron chi connectivity index (χ2n) is 7.11. The average molecular weight is 390 g/mol. The van der Waals surface area contributed by atoms with Gasteiger partial charge in [0, 0.05) is 23.5 Å². The third kappa shape index (κ3) is 3.35. The van der Waals surface area contributed by atoms with E-state index in [0.717, 1.165) is 17.7 Å². The van der Waals surface area contributed by atoms with Crippen LogP contribution in [0, 0.1) is 5.41 Å². The summed E-state index contributed by atoms with van der Waals surface area (Å²) in [5.41, 5.74) is 0.906. The lowest BCUT2D eigenvalue weighted by molar-refractivity contribution is -0.137. The van der Waals surface area contributed by atoms with Crippen molar-refractivity contribution in [3.63, 3.8) is 0 Å². The van der Waals surface area contributed by atoms with Gasteiger partial charge >= 0.3 is 12.2 Å². The van der Waals surface area contributed by atoms with E-state index in [4.69, 9.17) is 4.74 Å². The number of urea groups is 1. The van der Waals surface area contributed by atoms with Crippen LogP contribution < -0.4 is 10.6 Å². The first kappa shape index (κ1) is 18.5. The van der Waals surface area contributed by atoms with E-state index in [1.165, 1.54) is 12.1 Å². The Kier molecular flexibility index (Phi) is 4.38. The Bertz CT molecular complexity index is 933. The number of ether oxygens (including phenoxy) is 1. The number of anilines is 2. The summed E-state index contributed by atoms with van der Waals surface area (Å²) in [6.45, 7) is 0.984. The van der Waals surface area contributed by atoms with E-state index in [2.05, 4.69) is 10.6 Å². The summed E-state index contributed by atoms with van der Waals surface area (Å²) in [5.74, 6) is 0.0341. The van der Waals surface area contributed by atoms with Crippen LogP contribution in [-0.2, 0) is 17.3 Å². The number of carbonyl (C=O) groups is 2. The molecule has 1 unspecified atom stereocenters. The topological polar surface area (TPSA) is 67.4 Å². The number of hydrogen-bond acceptors (Lipinski definition) is 3. The predicted molar refractivity (Wildman–Crippen MR) is 96.4 cm³/mol. The Balaban J connectivity index is 1.44. The van der Waals surface area contributed by atoms with Gasteiger partial charge in [0.05, 0.1) is 17.6 Å². The third-order valence-corrected chi connectivity index (χ3v) is 5.20. The first-order valence-electron chi connectivity index (χ1n) is 8.78. The molecule has 8 heteroatoms. The fourth-order valence-corrected chi connectivity index (χ4v) is 3.71. The standard InChI is InChI=1S/C20H17F3N2O3/c21-20(22,23)13-2-5-14(6-3-13)24-18(27)25-15-4-1-12-10-19(7-8-28-11-19)17(26)16(12)9-15/h1-6,9H,7-8,10-11H2,(H2,24,25,27). The maximum atomic E-state index is 12.8. The molecule has 1 atom stereocenters. The molecule has 1 aliphatic heterocycles. The molecule has 146 valence electrons.